The molecule has 2 atom stereocenters. The molecule has 2 aromatic carbocycles. The molecule has 0 bridgehead atoms. The van der Waals surface area contributed by atoms with E-state index in [-0.39, 0.29) is 11.8 Å². The fraction of sp³-hybridized carbons (Fsp3) is 0.435. The zero-order valence-corrected chi connectivity index (χ0v) is 18.5. The number of aromatic hydroxyl groups is 1. The van der Waals surface area contributed by atoms with Crippen LogP contribution in [-0.2, 0) is 12.8 Å². The van der Waals surface area contributed by atoms with Gasteiger partial charge in [0.05, 0.1) is 26.4 Å². The lowest BCUT2D eigenvalue weighted by Gasteiger charge is -2.40. The molecule has 0 aromatic heterocycles. The Balaban J connectivity index is 2.00. The van der Waals surface area contributed by atoms with E-state index in [1.54, 1.807) is 32.4 Å². The number of methoxy groups -OCH3 is 2. The van der Waals surface area contributed by atoms with Crippen molar-refractivity contribution < 1.29 is 19.7 Å². The summed E-state index contributed by atoms with van der Waals surface area (Å²) in [6.45, 7) is 2.88. The molecule has 1 aliphatic rings. The van der Waals surface area contributed by atoms with Gasteiger partial charge in [-0.3, -0.25) is 0 Å². The van der Waals surface area contributed by atoms with Gasteiger partial charge in [0.2, 0.25) is 0 Å². The van der Waals surface area contributed by atoms with Crippen LogP contribution in [0.1, 0.15) is 30.9 Å². The molecule has 0 heterocycles. The van der Waals surface area contributed by atoms with Crippen LogP contribution in [-0.4, -0.2) is 48.2 Å². The van der Waals surface area contributed by atoms with Gasteiger partial charge in [0.15, 0.2) is 5.11 Å². The number of thiocarbonyl (C=S) groups is 1. The fourth-order valence-electron chi connectivity index (χ4n) is 3.99. The van der Waals surface area contributed by atoms with Gasteiger partial charge in [0.1, 0.15) is 17.2 Å². The second-order valence-electron chi connectivity index (χ2n) is 7.45. The van der Waals surface area contributed by atoms with E-state index < -0.39 is 6.10 Å². The minimum atomic E-state index is -0.674. The highest BCUT2D eigenvalue weighted by atomic mass is 32.1. The number of benzene rings is 2. The molecule has 0 saturated carbocycles. The molecule has 0 saturated heterocycles. The topological polar surface area (TPSA) is 74.2 Å². The molecule has 1 aliphatic carbocycles. The Morgan fingerprint density at radius 1 is 1.13 bits per heavy atom. The molecular formula is C23H30N2O4S. The number of phenols is 1. The van der Waals surface area contributed by atoms with Gasteiger partial charge < -0.3 is 29.9 Å². The maximum absolute atomic E-state index is 11.1. The van der Waals surface area contributed by atoms with E-state index in [1.165, 1.54) is 0 Å². The highest BCUT2D eigenvalue weighted by Crippen LogP contribution is 2.38. The average Bonchev–Trinajstić information content (AvgIpc) is 2.74. The van der Waals surface area contributed by atoms with E-state index >= 15 is 0 Å². The van der Waals surface area contributed by atoms with E-state index in [0.717, 1.165) is 47.7 Å². The van der Waals surface area contributed by atoms with E-state index in [9.17, 15) is 10.2 Å². The third-order valence-corrected chi connectivity index (χ3v) is 5.86. The van der Waals surface area contributed by atoms with Crippen molar-refractivity contribution in [1.82, 2.24) is 5.32 Å². The molecule has 0 radical (unpaired) electrons. The summed E-state index contributed by atoms with van der Waals surface area (Å²) in [5.74, 6) is 1.66. The molecule has 7 heteroatoms. The van der Waals surface area contributed by atoms with Gasteiger partial charge in [-0.1, -0.05) is 19.4 Å². The molecule has 2 aromatic rings. The summed E-state index contributed by atoms with van der Waals surface area (Å²) < 4.78 is 11.1. The van der Waals surface area contributed by atoms with E-state index in [2.05, 4.69) is 12.2 Å². The maximum Gasteiger partial charge on any atom is 0.173 e. The lowest BCUT2D eigenvalue weighted by atomic mass is 9.84. The first-order chi connectivity index (χ1) is 14.5. The predicted molar refractivity (Wildman–Crippen MR) is 123 cm³/mol. The van der Waals surface area contributed by atoms with Crippen LogP contribution in [0.25, 0.3) is 0 Å². The lowest BCUT2D eigenvalue weighted by molar-refractivity contribution is 0.136. The number of anilines is 1. The highest BCUT2D eigenvalue weighted by molar-refractivity contribution is 7.80. The molecule has 6 nitrogen and oxygen atoms in total. The smallest absolute Gasteiger partial charge is 0.173 e. The van der Waals surface area contributed by atoms with Crippen LogP contribution in [0.3, 0.4) is 0 Å². The Bertz CT molecular complexity index is 890. The van der Waals surface area contributed by atoms with Crippen molar-refractivity contribution in [1.29, 1.82) is 0 Å². The summed E-state index contributed by atoms with van der Waals surface area (Å²) in [5.41, 5.74) is 2.70. The SMILES string of the molecule is CCCCNC(=S)N(c1cccc(O)c1)C1Cc2c(OC)ccc(OC)c2CC1O. The number of unbranched alkanes of at least 4 members (excludes halogenated alkanes) is 1. The molecule has 3 N–H and O–H groups in total. The normalized spacial score (nSPS) is 17.7. The van der Waals surface area contributed by atoms with Crippen molar-refractivity contribution in [3.63, 3.8) is 0 Å². The summed E-state index contributed by atoms with van der Waals surface area (Å²) in [7, 11) is 3.28. The summed E-state index contributed by atoms with van der Waals surface area (Å²) >= 11 is 5.72. The first-order valence-electron chi connectivity index (χ1n) is 10.3. The van der Waals surface area contributed by atoms with Crippen molar-refractivity contribution in [3.05, 3.63) is 47.5 Å². The zero-order valence-electron chi connectivity index (χ0n) is 17.7. The molecule has 3 rings (SSSR count). The third kappa shape index (κ3) is 4.63. The Labute approximate surface area is 183 Å². The Kier molecular flexibility index (Phi) is 7.39. The average molecular weight is 431 g/mol. The van der Waals surface area contributed by atoms with Gasteiger partial charge in [-0.15, -0.1) is 0 Å². The molecule has 30 heavy (non-hydrogen) atoms. The molecule has 0 amide bonds. The van der Waals surface area contributed by atoms with Crippen LogP contribution < -0.4 is 19.7 Å². The zero-order chi connectivity index (χ0) is 21.7. The van der Waals surface area contributed by atoms with Crippen LogP contribution in [0, 0.1) is 0 Å². The number of rotatable bonds is 7. The number of fused-ring (bicyclic) bond motifs is 1. The van der Waals surface area contributed by atoms with Crippen LogP contribution in [0.5, 0.6) is 17.2 Å². The van der Waals surface area contributed by atoms with Gasteiger partial charge in [-0.05, 0) is 49.3 Å². The number of nitrogens with zero attached hydrogens (tertiary/aromatic N) is 1. The Morgan fingerprint density at radius 3 is 2.40 bits per heavy atom. The van der Waals surface area contributed by atoms with E-state index in [4.69, 9.17) is 21.7 Å². The number of hydrogen-bond acceptors (Lipinski definition) is 5. The molecule has 162 valence electrons. The number of nitrogens with one attached hydrogen (secondary N) is 1. The van der Waals surface area contributed by atoms with Gasteiger partial charge in [0.25, 0.3) is 0 Å². The van der Waals surface area contributed by atoms with Crippen molar-refractivity contribution in [2.45, 2.75) is 44.8 Å². The number of ether oxygens (including phenoxy) is 2. The standard InChI is InChI=1S/C23H30N2O4S/c1-4-5-11-24-23(30)25(15-7-6-8-16(26)12-15)19-13-17-18(14-20(19)27)22(29-3)10-9-21(17)28-2/h6-10,12,19-20,26-27H,4-5,11,13-14H2,1-3H3,(H,24,30). The van der Waals surface area contributed by atoms with Gasteiger partial charge in [0, 0.05) is 35.8 Å². The van der Waals surface area contributed by atoms with Crippen molar-refractivity contribution in [3.8, 4) is 17.2 Å². The predicted octanol–water partition coefficient (Wildman–Crippen LogP) is 3.42. The van der Waals surface area contributed by atoms with E-state index in [1.807, 2.05) is 23.1 Å². The lowest BCUT2D eigenvalue weighted by Crippen LogP contribution is -2.54. The number of phenolic OH excluding ortho intramolecular Hbond substituents is 1. The summed E-state index contributed by atoms with van der Waals surface area (Å²) in [6.07, 6.45) is 2.33. The molecular weight excluding hydrogens is 400 g/mol. The minimum Gasteiger partial charge on any atom is -0.508 e. The summed E-state index contributed by atoms with van der Waals surface area (Å²) in [6, 6.07) is 10.4. The van der Waals surface area contributed by atoms with Gasteiger partial charge >= 0.3 is 0 Å². The second-order valence-corrected chi connectivity index (χ2v) is 7.83. The molecule has 0 spiro atoms. The quantitative estimate of drug-likeness (QED) is 0.459. The fourth-order valence-corrected chi connectivity index (χ4v) is 4.34. The van der Waals surface area contributed by atoms with Gasteiger partial charge in [-0.25, -0.2) is 0 Å². The highest BCUT2D eigenvalue weighted by Gasteiger charge is 2.36. The number of hydrogen-bond donors (Lipinski definition) is 3. The van der Waals surface area contributed by atoms with Crippen LogP contribution in [0.2, 0.25) is 0 Å². The summed E-state index contributed by atoms with van der Waals surface area (Å²) in [4.78, 5) is 1.91. The molecule has 0 fully saturated rings. The third-order valence-electron chi connectivity index (χ3n) is 5.52. The molecule has 2 unspecified atom stereocenters. The van der Waals surface area contributed by atoms with Crippen LogP contribution in [0.15, 0.2) is 36.4 Å². The Hall–Kier alpha value is -2.51. The first kappa shape index (κ1) is 22.2. The van der Waals surface area contributed by atoms with Crippen molar-refractivity contribution >= 4 is 23.0 Å². The first-order valence-corrected chi connectivity index (χ1v) is 10.7. The largest absolute Gasteiger partial charge is 0.508 e. The second kappa shape index (κ2) is 10.00. The van der Waals surface area contributed by atoms with Gasteiger partial charge in [-0.2, -0.15) is 0 Å². The Morgan fingerprint density at radius 2 is 1.80 bits per heavy atom. The minimum absolute atomic E-state index is 0.152. The number of aliphatic hydroxyl groups excluding tert-OH is 1. The van der Waals surface area contributed by atoms with Crippen LogP contribution >= 0.6 is 12.2 Å². The maximum atomic E-state index is 11.1. The monoisotopic (exact) mass is 430 g/mol. The van der Waals surface area contributed by atoms with Crippen LogP contribution in [0.4, 0.5) is 5.69 Å². The number of aliphatic hydroxyl groups is 1. The van der Waals surface area contributed by atoms with E-state index in [0.29, 0.717) is 18.0 Å². The van der Waals surface area contributed by atoms with Crippen molar-refractivity contribution in [2.75, 3.05) is 25.7 Å². The van der Waals surface area contributed by atoms with Crippen molar-refractivity contribution in [2.24, 2.45) is 0 Å². The molecule has 0 aliphatic heterocycles. The summed E-state index contributed by atoms with van der Waals surface area (Å²) in [5, 5.41) is 25.0.